The number of anilines is 1. The van der Waals surface area contributed by atoms with Crippen molar-refractivity contribution >= 4 is 11.5 Å². The molecule has 2 heterocycles. The Kier molecular flexibility index (Phi) is 2.37. The highest BCUT2D eigenvalue weighted by molar-refractivity contribution is 5.43. The van der Waals surface area contributed by atoms with Gasteiger partial charge in [0.25, 0.3) is 0 Å². The molecule has 3 rings (SSSR count). The maximum absolute atomic E-state index is 4.06. The van der Waals surface area contributed by atoms with Gasteiger partial charge in [-0.25, -0.2) is 0 Å². The van der Waals surface area contributed by atoms with E-state index in [1.807, 2.05) is 0 Å². The molecule has 0 unspecified atom stereocenters. The van der Waals surface area contributed by atoms with Crippen molar-refractivity contribution in [2.24, 2.45) is 0 Å². The minimum Gasteiger partial charge on any atom is -0.367 e. The van der Waals surface area contributed by atoms with Crippen molar-refractivity contribution in [3.8, 4) is 0 Å². The van der Waals surface area contributed by atoms with Crippen LogP contribution < -0.4 is 10.6 Å². The van der Waals surface area contributed by atoms with Gasteiger partial charge in [0.1, 0.15) is 5.82 Å². The van der Waals surface area contributed by atoms with Crippen molar-refractivity contribution in [2.45, 2.75) is 18.9 Å². The molecule has 16 heavy (non-hydrogen) atoms. The van der Waals surface area contributed by atoms with E-state index in [-0.39, 0.29) is 0 Å². The van der Waals surface area contributed by atoms with Crippen molar-refractivity contribution in [1.29, 1.82) is 0 Å². The van der Waals surface area contributed by atoms with E-state index in [4.69, 9.17) is 0 Å². The fourth-order valence-corrected chi connectivity index (χ4v) is 1.55. The van der Waals surface area contributed by atoms with Crippen LogP contribution in [-0.2, 0) is 0 Å². The van der Waals surface area contributed by atoms with E-state index in [1.54, 1.807) is 16.9 Å². The molecule has 2 aromatic heterocycles. The number of nitrogens with one attached hydrogen (secondary N) is 2. The number of rotatable bonds is 5. The highest BCUT2D eigenvalue weighted by Crippen LogP contribution is 2.17. The molecule has 1 saturated carbocycles. The summed E-state index contributed by atoms with van der Waals surface area (Å²) in [7, 11) is 0. The largest absolute Gasteiger partial charge is 0.367 e. The van der Waals surface area contributed by atoms with Gasteiger partial charge in [0, 0.05) is 19.1 Å². The summed E-state index contributed by atoms with van der Waals surface area (Å²) in [6, 6.07) is 0.740. The molecule has 2 aromatic rings. The Labute approximate surface area is 92.3 Å². The Balaban J connectivity index is 1.61. The molecular weight excluding hydrogens is 206 g/mol. The van der Waals surface area contributed by atoms with Gasteiger partial charge in [-0.05, 0) is 23.3 Å². The number of hydrogen-bond donors (Lipinski definition) is 2. The van der Waals surface area contributed by atoms with Crippen LogP contribution >= 0.6 is 0 Å². The first-order valence-corrected chi connectivity index (χ1v) is 5.43. The first-order chi connectivity index (χ1) is 7.93. The second kappa shape index (κ2) is 4.01. The topological polar surface area (TPSA) is 80.0 Å². The molecule has 0 radical (unpaired) electrons. The van der Waals surface area contributed by atoms with Gasteiger partial charge in [-0.3, -0.25) is 4.98 Å². The normalized spacial score (nSPS) is 15.5. The average molecular weight is 219 g/mol. The lowest BCUT2D eigenvalue weighted by atomic mass is 10.5. The lowest BCUT2D eigenvalue weighted by Gasteiger charge is -2.06. The zero-order valence-corrected chi connectivity index (χ0v) is 8.80. The zero-order chi connectivity index (χ0) is 10.8. The van der Waals surface area contributed by atoms with Crippen molar-refractivity contribution in [3.63, 3.8) is 0 Å². The van der Waals surface area contributed by atoms with Gasteiger partial charge in [0.05, 0.1) is 12.4 Å². The van der Waals surface area contributed by atoms with Crippen LogP contribution in [0.2, 0.25) is 0 Å². The van der Waals surface area contributed by atoms with Gasteiger partial charge in [0.15, 0.2) is 5.65 Å². The first kappa shape index (κ1) is 9.46. The Bertz CT molecular complexity index is 475. The Morgan fingerprint density at radius 1 is 1.31 bits per heavy atom. The van der Waals surface area contributed by atoms with Gasteiger partial charge >= 0.3 is 0 Å². The van der Waals surface area contributed by atoms with Gasteiger partial charge in [-0.2, -0.15) is 4.52 Å². The summed E-state index contributed by atoms with van der Waals surface area (Å²) < 4.78 is 1.64. The Morgan fingerprint density at radius 3 is 3.12 bits per heavy atom. The van der Waals surface area contributed by atoms with E-state index in [0.29, 0.717) is 5.65 Å². The SMILES string of the molecule is c1ncc2nnnn2c1NCCNC1CC1. The molecule has 0 aliphatic heterocycles. The number of nitrogens with zero attached hydrogens (tertiary/aromatic N) is 5. The Morgan fingerprint density at radius 2 is 2.25 bits per heavy atom. The zero-order valence-electron chi connectivity index (χ0n) is 8.80. The molecule has 0 atom stereocenters. The monoisotopic (exact) mass is 219 g/mol. The highest BCUT2D eigenvalue weighted by atomic mass is 15.5. The van der Waals surface area contributed by atoms with Gasteiger partial charge in [-0.15, -0.1) is 5.10 Å². The van der Waals surface area contributed by atoms with Crippen LogP contribution in [0.25, 0.3) is 5.65 Å². The fraction of sp³-hybridized carbons (Fsp3) is 0.556. The van der Waals surface area contributed by atoms with Crippen LogP contribution in [-0.4, -0.2) is 44.2 Å². The third kappa shape index (κ3) is 1.94. The first-order valence-electron chi connectivity index (χ1n) is 5.43. The van der Waals surface area contributed by atoms with Crippen molar-refractivity contribution in [2.75, 3.05) is 18.4 Å². The highest BCUT2D eigenvalue weighted by Gasteiger charge is 2.19. The summed E-state index contributed by atoms with van der Waals surface area (Å²) in [5.41, 5.74) is 0.653. The molecule has 0 aromatic carbocycles. The van der Waals surface area contributed by atoms with Crippen LogP contribution in [0.1, 0.15) is 12.8 Å². The summed E-state index contributed by atoms with van der Waals surface area (Å²) in [4.78, 5) is 4.06. The van der Waals surface area contributed by atoms with Gasteiger partial charge in [-0.1, -0.05) is 0 Å². The van der Waals surface area contributed by atoms with E-state index in [2.05, 4.69) is 31.1 Å². The number of hydrogen-bond acceptors (Lipinski definition) is 6. The molecule has 1 fully saturated rings. The van der Waals surface area contributed by atoms with E-state index in [1.165, 1.54) is 12.8 Å². The predicted octanol–water partition coefficient (Wildman–Crippen LogP) is -0.317. The number of tetrazole rings is 1. The van der Waals surface area contributed by atoms with E-state index >= 15 is 0 Å². The molecular formula is C9H13N7. The number of aromatic nitrogens is 5. The maximum atomic E-state index is 4.06. The van der Waals surface area contributed by atoms with Crippen LogP contribution in [0.15, 0.2) is 12.4 Å². The summed E-state index contributed by atoms with van der Waals surface area (Å²) >= 11 is 0. The molecule has 0 saturated heterocycles. The Hall–Kier alpha value is -1.76. The summed E-state index contributed by atoms with van der Waals surface area (Å²) in [6.07, 6.45) is 5.97. The summed E-state index contributed by atoms with van der Waals surface area (Å²) in [6.45, 7) is 1.79. The average Bonchev–Trinajstić information content (AvgIpc) is 3.00. The summed E-state index contributed by atoms with van der Waals surface area (Å²) in [5.74, 6) is 0.820. The second-order valence-corrected chi connectivity index (χ2v) is 3.90. The molecule has 84 valence electrons. The third-order valence-electron chi connectivity index (χ3n) is 2.55. The lowest BCUT2D eigenvalue weighted by molar-refractivity contribution is 0.698. The van der Waals surface area contributed by atoms with Crippen LogP contribution in [0.5, 0.6) is 0 Å². The lowest BCUT2D eigenvalue weighted by Crippen LogP contribution is -2.24. The van der Waals surface area contributed by atoms with E-state index in [9.17, 15) is 0 Å². The molecule has 1 aliphatic rings. The molecule has 0 bridgehead atoms. The van der Waals surface area contributed by atoms with E-state index < -0.39 is 0 Å². The predicted molar refractivity (Wildman–Crippen MR) is 58.1 cm³/mol. The van der Waals surface area contributed by atoms with Crippen molar-refractivity contribution in [3.05, 3.63) is 12.4 Å². The molecule has 2 N–H and O–H groups in total. The van der Waals surface area contributed by atoms with Crippen LogP contribution in [0.3, 0.4) is 0 Å². The van der Waals surface area contributed by atoms with Gasteiger partial charge in [0.2, 0.25) is 0 Å². The van der Waals surface area contributed by atoms with Crippen LogP contribution in [0.4, 0.5) is 5.82 Å². The summed E-state index contributed by atoms with van der Waals surface area (Å²) in [5, 5.41) is 18.0. The quantitative estimate of drug-likeness (QED) is 0.671. The minimum atomic E-state index is 0.653. The number of fused-ring (bicyclic) bond motifs is 1. The molecule has 7 nitrogen and oxygen atoms in total. The molecule has 0 spiro atoms. The molecule has 0 amide bonds. The molecule has 1 aliphatic carbocycles. The van der Waals surface area contributed by atoms with Crippen molar-refractivity contribution in [1.82, 2.24) is 30.3 Å². The van der Waals surface area contributed by atoms with Crippen LogP contribution in [0, 0.1) is 0 Å². The minimum absolute atomic E-state index is 0.653. The molecule has 7 heteroatoms. The standard InChI is InChI=1S/C9H13N7/c1-2-7(1)11-3-4-12-8-5-10-6-9-13-14-15-16(8)9/h5-7,11-12H,1-4H2. The maximum Gasteiger partial charge on any atom is 0.199 e. The van der Waals surface area contributed by atoms with Crippen molar-refractivity contribution < 1.29 is 0 Å². The fourth-order valence-electron chi connectivity index (χ4n) is 1.55. The van der Waals surface area contributed by atoms with Gasteiger partial charge < -0.3 is 10.6 Å². The smallest absolute Gasteiger partial charge is 0.199 e. The van der Waals surface area contributed by atoms with E-state index in [0.717, 1.165) is 24.9 Å². The second-order valence-electron chi connectivity index (χ2n) is 3.90. The third-order valence-corrected chi connectivity index (χ3v) is 2.55.